The molecule has 23 heavy (non-hydrogen) atoms. The molecule has 0 amide bonds. The van der Waals surface area contributed by atoms with E-state index in [0.717, 1.165) is 25.2 Å². The molecule has 0 radical (unpaired) electrons. The zero-order valence-corrected chi connectivity index (χ0v) is 13.1. The van der Waals surface area contributed by atoms with E-state index < -0.39 is 0 Å². The molecule has 4 rings (SSSR count). The van der Waals surface area contributed by atoms with Gasteiger partial charge in [-0.1, -0.05) is 5.16 Å². The summed E-state index contributed by atoms with van der Waals surface area (Å²) in [6.07, 6.45) is 6.57. The second-order valence-electron chi connectivity index (χ2n) is 5.76. The van der Waals surface area contributed by atoms with Gasteiger partial charge in [0.05, 0.1) is 24.0 Å². The van der Waals surface area contributed by atoms with Crippen LogP contribution in [0.1, 0.15) is 29.9 Å². The van der Waals surface area contributed by atoms with Crippen LogP contribution in [0.4, 0.5) is 0 Å². The van der Waals surface area contributed by atoms with Crippen molar-refractivity contribution in [1.29, 1.82) is 0 Å². The summed E-state index contributed by atoms with van der Waals surface area (Å²) in [4.78, 5) is 15.3. The Morgan fingerprint density at radius 3 is 3.09 bits per heavy atom. The number of aryl methyl sites for hydroxylation is 1. The van der Waals surface area contributed by atoms with E-state index in [0.29, 0.717) is 17.5 Å². The Labute approximate surface area is 133 Å². The second-order valence-corrected chi connectivity index (χ2v) is 5.76. The van der Waals surface area contributed by atoms with E-state index in [2.05, 4.69) is 25.0 Å². The van der Waals surface area contributed by atoms with Gasteiger partial charge >= 0.3 is 0 Å². The van der Waals surface area contributed by atoms with E-state index in [1.54, 1.807) is 13.3 Å². The third-order valence-electron chi connectivity index (χ3n) is 4.26. The quantitative estimate of drug-likeness (QED) is 0.719. The van der Waals surface area contributed by atoms with Crippen LogP contribution in [-0.2, 0) is 11.3 Å². The summed E-state index contributed by atoms with van der Waals surface area (Å²) in [5.74, 6) is 2.00. The summed E-state index contributed by atoms with van der Waals surface area (Å²) >= 11 is 0. The SMILES string of the molecule is CO[C@@H]1C[C@H](c2nc(C)no2)N(Cc2cnc3ncccn23)C1. The van der Waals surface area contributed by atoms with E-state index in [1.165, 1.54) is 0 Å². The van der Waals surface area contributed by atoms with Crippen LogP contribution in [0.15, 0.2) is 29.2 Å². The highest BCUT2D eigenvalue weighted by Gasteiger charge is 2.37. The van der Waals surface area contributed by atoms with Crippen LogP contribution in [0.25, 0.3) is 5.78 Å². The van der Waals surface area contributed by atoms with Gasteiger partial charge in [0.2, 0.25) is 11.7 Å². The normalized spacial score (nSPS) is 22.2. The lowest BCUT2D eigenvalue weighted by Crippen LogP contribution is -2.25. The Morgan fingerprint density at radius 2 is 2.30 bits per heavy atom. The minimum atomic E-state index is 0.0587. The van der Waals surface area contributed by atoms with Crippen molar-refractivity contribution in [2.24, 2.45) is 0 Å². The van der Waals surface area contributed by atoms with Crippen molar-refractivity contribution in [2.45, 2.75) is 32.0 Å². The van der Waals surface area contributed by atoms with Gasteiger partial charge in [-0.2, -0.15) is 4.98 Å². The third kappa shape index (κ3) is 2.60. The van der Waals surface area contributed by atoms with Gasteiger partial charge in [-0.05, 0) is 19.4 Å². The predicted molar refractivity (Wildman–Crippen MR) is 80.6 cm³/mol. The van der Waals surface area contributed by atoms with Crippen LogP contribution in [0.2, 0.25) is 0 Å². The Balaban J connectivity index is 1.62. The number of hydrogen-bond donors (Lipinski definition) is 0. The van der Waals surface area contributed by atoms with Crippen LogP contribution in [-0.4, -0.2) is 49.2 Å². The number of likely N-dealkylation sites (tertiary alicyclic amines) is 1. The standard InChI is InChI=1S/C15H18N6O2/c1-10-18-14(23-19-10)13-6-12(22-2)9-20(13)8-11-7-17-15-16-4-3-5-21(11)15/h3-5,7,12-13H,6,8-9H2,1-2H3/t12-,13-/m1/s1. The zero-order chi connectivity index (χ0) is 15.8. The lowest BCUT2D eigenvalue weighted by molar-refractivity contribution is 0.107. The minimum Gasteiger partial charge on any atom is -0.380 e. The van der Waals surface area contributed by atoms with Crippen LogP contribution in [0.5, 0.6) is 0 Å². The van der Waals surface area contributed by atoms with Gasteiger partial charge in [0.15, 0.2) is 5.82 Å². The molecule has 0 spiro atoms. The molecule has 1 fully saturated rings. The molecule has 0 N–H and O–H groups in total. The Morgan fingerprint density at radius 1 is 1.39 bits per heavy atom. The highest BCUT2D eigenvalue weighted by Crippen LogP contribution is 2.33. The van der Waals surface area contributed by atoms with Gasteiger partial charge in [-0.3, -0.25) is 9.30 Å². The predicted octanol–water partition coefficient (Wildman–Crippen LogP) is 1.38. The number of imidazole rings is 1. The Kier molecular flexibility index (Phi) is 3.55. The molecule has 8 heteroatoms. The van der Waals surface area contributed by atoms with Gasteiger partial charge in [0.25, 0.3) is 0 Å². The Bertz CT molecular complexity index is 813. The summed E-state index contributed by atoms with van der Waals surface area (Å²) in [7, 11) is 1.74. The fourth-order valence-corrected chi connectivity index (χ4v) is 3.11. The molecule has 3 aromatic rings. The van der Waals surface area contributed by atoms with Gasteiger partial charge in [-0.15, -0.1) is 0 Å². The first-order chi connectivity index (χ1) is 11.2. The van der Waals surface area contributed by atoms with Crippen molar-refractivity contribution < 1.29 is 9.26 Å². The third-order valence-corrected chi connectivity index (χ3v) is 4.26. The van der Waals surface area contributed by atoms with Crippen molar-refractivity contribution in [3.05, 3.63) is 42.1 Å². The molecular weight excluding hydrogens is 296 g/mol. The molecule has 0 saturated carbocycles. The molecule has 1 saturated heterocycles. The number of hydrogen-bond acceptors (Lipinski definition) is 7. The summed E-state index contributed by atoms with van der Waals surface area (Å²) in [5, 5.41) is 3.91. The number of aromatic nitrogens is 5. The first-order valence-corrected chi connectivity index (χ1v) is 7.58. The van der Waals surface area contributed by atoms with E-state index in [4.69, 9.17) is 9.26 Å². The molecule has 8 nitrogen and oxygen atoms in total. The maximum Gasteiger partial charge on any atom is 0.244 e. The maximum absolute atomic E-state index is 5.54. The smallest absolute Gasteiger partial charge is 0.244 e. The molecule has 2 atom stereocenters. The van der Waals surface area contributed by atoms with Crippen molar-refractivity contribution in [1.82, 2.24) is 29.4 Å². The van der Waals surface area contributed by atoms with Gasteiger partial charge in [-0.25, -0.2) is 9.97 Å². The highest BCUT2D eigenvalue weighted by atomic mass is 16.5. The summed E-state index contributed by atoms with van der Waals surface area (Å²) in [5.41, 5.74) is 1.08. The molecule has 0 unspecified atom stereocenters. The lowest BCUT2D eigenvalue weighted by Gasteiger charge is -2.20. The molecule has 0 aliphatic carbocycles. The molecule has 0 aromatic carbocycles. The van der Waals surface area contributed by atoms with Crippen molar-refractivity contribution >= 4 is 5.78 Å². The molecule has 120 valence electrons. The van der Waals surface area contributed by atoms with Crippen molar-refractivity contribution in [2.75, 3.05) is 13.7 Å². The van der Waals surface area contributed by atoms with Gasteiger partial charge < -0.3 is 9.26 Å². The number of ether oxygens (including phenoxy) is 1. The molecule has 4 heterocycles. The zero-order valence-electron chi connectivity index (χ0n) is 13.1. The molecule has 1 aliphatic rings. The highest BCUT2D eigenvalue weighted by molar-refractivity contribution is 5.30. The van der Waals surface area contributed by atoms with E-state index in [9.17, 15) is 0 Å². The monoisotopic (exact) mass is 314 g/mol. The number of methoxy groups -OCH3 is 1. The van der Waals surface area contributed by atoms with Crippen molar-refractivity contribution in [3.8, 4) is 0 Å². The first kappa shape index (κ1) is 14.3. The molecule has 3 aromatic heterocycles. The fourth-order valence-electron chi connectivity index (χ4n) is 3.11. The summed E-state index contributed by atoms with van der Waals surface area (Å²) < 4.78 is 12.9. The summed E-state index contributed by atoms with van der Waals surface area (Å²) in [6.45, 7) is 3.37. The van der Waals surface area contributed by atoms with Crippen LogP contribution in [0, 0.1) is 6.92 Å². The Hall–Kier alpha value is -2.32. The van der Waals surface area contributed by atoms with Crippen molar-refractivity contribution in [3.63, 3.8) is 0 Å². The number of fused-ring (bicyclic) bond motifs is 1. The number of rotatable bonds is 4. The average molecular weight is 314 g/mol. The average Bonchev–Trinajstić information content (AvgIpc) is 3.27. The van der Waals surface area contributed by atoms with Crippen LogP contribution < -0.4 is 0 Å². The molecule has 1 aliphatic heterocycles. The van der Waals surface area contributed by atoms with Gasteiger partial charge in [0.1, 0.15) is 0 Å². The van der Waals surface area contributed by atoms with Gasteiger partial charge in [0, 0.05) is 32.6 Å². The van der Waals surface area contributed by atoms with E-state index in [-0.39, 0.29) is 12.1 Å². The van der Waals surface area contributed by atoms with E-state index >= 15 is 0 Å². The topological polar surface area (TPSA) is 81.6 Å². The number of nitrogens with zero attached hydrogens (tertiary/aromatic N) is 6. The first-order valence-electron chi connectivity index (χ1n) is 7.58. The molecular formula is C15H18N6O2. The fraction of sp³-hybridized carbons (Fsp3) is 0.467. The minimum absolute atomic E-state index is 0.0587. The second kappa shape index (κ2) is 5.71. The van der Waals surface area contributed by atoms with Crippen LogP contribution >= 0.6 is 0 Å². The summed E-state index contributed by atoms with van der Waals surface area (Å²) in [6, 6.07) is 1.96. The largest absolute Gasteiger partial charge is 0.380 e. The lowest BCUT2D eigenvalue weighted by atomic mass is 10.2. The van der Waals surface area contributed by atoms with E-state index in [1.807, 2.05) is 29.8 Å². The molecule has 0 bridgehead atoms. The van der Waals surface area contributed by atoms with Crippen LogP contribution in [0.3, 0.4) is 0 Å². The maximum atomic E-state index is 5.54.